The lowest BCUT2D eigenvalue weighted by Gasteiger charge is -2.13. The third-order valence-electron chi connectivity index (χ3n) is 2.80. The Balaban J connectivity index is 2.45. The van der Waals surface area contributed by atoms with Crippen molar-refractivity contribution in [3.05, 3.63) is 16.9 Å². The van der Waals surface area contributed by atoms with Gasteiger partial charge in [0.15, 0.2) is 0 Å². The summed E-state index contributed by atoms with van der Waals surface area (Å²) in [5.41, 5.74) is 1.16. The van der Waals surface area contributed by atoms with Crippen LogP contribution in [0.3, 0.4) is 0 Å². The molecule has 0 atom stereocenters. The van der Waals surface area contributed by atoms with Gasteiger partial charge in [0.1, 0.15) is 0 Å². The summed E-state index contributed by atoms with van der Waals surface area (Å²) in [4.78, 5) is 2.15. The maximum absolute atomic E-state index is 6.18. The molecule has 4 nitrogen and oxygen atoms in total. The molecule has 0 aliphatic rings. The van der Waals surface area contributed by atoms with E-state index in [0.717, 1.165) is 43.2 Å². The number of hydrogen-bond donors (Lipinski definition) is 1. The van der Waals surface area contributed by atoms with Crippen LogP contribution in [0.1, 0.15) is 26.0 Å². The zero-order chi connectivity index (χ0) is 13.5. The highest BCUT2D eigenvalue weighted by Crippen LogP contribution is 2.16. The summed E-state index contributed by atoms with van der Waals surface area (Å²) in [6.07, 6.45) is 3.82. The second-order valence-corrected chi connectivity index (χ2v) is 5.59. The number of likely N-dealkylation sites (N-methyl/N-ethyl adjacent to an activating group) is 1. The third kappa shape index (κ3) is 5.38. The van der Waals surface area contributed by atoms with Gasteiger partial charge in [-0.05, 0) is 33.5 Å². The number of hydrogen-bond acceptors (Lipinski definition) is 3. The zero-order valence-electron chi connectivity index (χ0n) is 11.9. The summed E-state index contributed by atoms with van der Waals surface area (Å²) < 4.78 is 2.03. The van der Waals surface area contributed by atoms with Crippen molar-refractivity contribution in [2.75, 3.05) is 27.2 Å². The topological polar surface area (TPSA) is 33.1 Å². The SMILES string of the molecule is CC(C)NCCCc1c(Cl)cnn1CCN(C)C. The lowest BCUT2D eigenvalue weighted by molar-refractivity contribution is 0.369. The molecule has 1 aromatic rings. The van der Waals surface area contributed by atoms with Crippen LogP contribution >= 0.6 is 11.6 Å². The fourth-order valence-electron chi connectivity index (χ4n) is 1.77. The molecule has 104 valence electrons. The number of halogens is 1. The molecule has 0 amide bonds. The van der Waals surface area contributed by atoms with E-state index in [4.69, 9.17) is 11.6 Å². The van der Waals surface area contributed by atoms with Crippen molar-refractivity contribution in [2.45, 2.75) is 39.3 Å². The summed E-state index contributed by atoms with van der Waals surface area (Å²) in [6, 6.07) is 0.541. The molecule has 0 radical (unpaired) electrons. The fraction of sp³-hybridized carbons (Fsp3) is 0.769. The molecule has 0 aliphatic carbocycles. The zero-order valence-corrected chi connectivity index (χ0v) is 12.7. The number of rotatable bonds is 8. The first-order valence-electron chi connectivity index (χ1n) is 6.59. The van der Waals surface area contributed by atoms with Crippen LogP contribution in [-0.4, -0.2) is 47.9 Å². The summed E-state index contributed by atoms with van der Waals surface area (Å²) in [7, 11) is 4.13. The minimum atomic E-state index is 0.541. The molecule has 5 heteroatoms. The first-order valence-corrected chi connectivity index (χ1v) is 6.96. The van der Waals surface area contributed by atoms with Gasteiger partial charge in [-0.3, -0.25) is 4.68 Å². The average Bonchev–Trinajstić information content (AvgIpc) is 2.63. The smallest absolute Gasteiger partial charge is 0.0817 e. The Morgan fingerprint density at radius 1 is 1.44 bits per heavy atom. The van der Waals surface area contributed by atoms with Gasteiger partial charge < -0.3 is 10.2 Å². The Kier molecular flexibility index (Phi) is 6.68. The van der Waals surface area contributed by atoms with Crippen LogP contribution in [-0.2, 0) is 13.0 Å². The quantitative estimate of drug-likeness (QED) is 0.735. The molecular weight excluding hydrogens is 248 g/mol. The van der Waals surface area contributed by atoms with E-state index in [1.807, 2.05) is 4.68 Å². The van der Waals surface area contributed by atoms with Crippen LogP contribution in [0.2, 0.25) is 5.02 Å². The molecule has 1 rings (SSSR count). The first-order chi connectivity index (χ1) is 8.50. The van der Waals surface area contributed by atoms with Crippen molar-refractivity contribution >= 4 is 11.6 Å². The van der Waals surface area contributed by atoms with E-state index in [-0.39, 0.29) is 0 Å². The van der Waals surface area contributed by atoms with Gasteiger partial charge in [-0.25, -0.2) is 0 Å². The van der Waals surface area contributed by atoms with Gasteiger partial charge >= 0.3 is 0 Å². The highest BCUT2D eigenvalue weighted by atomic mass is 35.5. The van der Waals surface area contributed by atoms with Gasteiger partial charge in [0, 0.05) is 12.6 Å². The van der Waals surface area contributed by atoms with E-state index in [1.54, 1.807) is 6.20 Å². The van der Waals surface area contributed by atoms with Gasteiger partial charge in [-0.1, -0.05) is 25.4 Å². The molecular formula is C13H25ClN4. The Morgan fingerprint density at radius 2 is 2.17 bits per heavy atom. The third-order valence-corrected chi connectivity index (χ3v) is 3.12. The molecule has 0 spiro atoms. The molecule has 0 aromatic carbocycles. The lowest BCUT2D eigenvalue weighted by Crippen LogP contribution is -2.24. The molecule has 18 heavy (non-hydrogen) atoms. The molecule has 0 aliphatic heterocycles. The highest BCUT2D eigenvalue weighted by Gasteiger charge is 2.09. The van der Waals surface area contributed by atoms with Crippen LogP contribution in [0, 0.1) is 0 Å². The van der Waals surface area contributed by atoms with E-state index < -0.39 is 0 Å². The summed E-state index contributed by atoms with van der Waals surface area (Å²) in [5, 5.41) is 8.55. The summed E-state index contributed by atoms with van der Waals surface area (Å²) in [5.74, 6) is 0. The molecule has 0 saturated heterocycles. The largest absolute Gasteiger partial charge is 0.315 e. The molecule has 0 saturated carbocycles. The van der Waals surface area contributed by atoms with Gasteiger partial charge in [0.25, 0.3) is 0 Å². The van der Waals surface area contributed by atoms with E-state index in [0.29, 0.717) is 6.04 Å². The summed E-state index contributed by atoms with van der Waals surface area (Å²) in [6.45, 7) is 7.22. The van der Waals surface area contributed by atoms with Crippen molar-refractivity contribution in [2.24, 2.45) is 0 Å². The molecule has 0 fully saturated rings. The Labute approximate surface area is 115 Å². The predicted octanol–water partition coefficient (Wildman–Crippen LogP) is 2.03. The van der Waals surface area contributed by atoms with Crippen molar-refractivity contribution < 1.29 is 0 Å². The van der Waals surface area contributed by atoms with Gasteiger partial charge in [0.2, 0.25) is 0 Å². The van der Waals surface area contributed by atoms with Crippen LogP contribution < -0.4 is 5.32 Å². The van der Waals surface area contributed by atoms with Crippen molar-refractivity contribution in [1.29, 1.82) is 0 Å². The van der Waals surface area contributed by atoms with Crippen LogP contribution in [0.4, 0.5) is 0 Å². The Morgan fingerprint density at radius 3 is 2.78 bits per heavy atom. The maximum Gasteiger partial charge on any atom is 0.0817 e. The normalized spacial score (nSPS) is 11.7. The standard InChI is InChI=1S/C13H25ClN4/c1-11(2)15-7-5-6-13-12(14)10-16-18(13)9-8-17(3)4/h10-11,15H,5-9H2,1-4H3. The van der Waals surface area contributed by atoms with Crippen LogP contribution in [0.25, 0.3) is 0 Å². The first kappa shape index (κ1) is 15.5. The molecule has 0 unspecified atom stereocenters. The van der Waals surface area contributed by atoms with E-state index in [1.165, 1.54) is 0 Å². The minimum absolute atomic E-state index is 0.541. The molecule has 0 bridgehead atoms. The van der Waals surface area contributed by atoms with Gasteiger partial charge in [0.05, 0.1) is 23.5 Å². The maximum atomic E-state index is 6.18. The molecule has 1 aromatic heterocycles. The Bertz CT molecular complexity index is 347. The van der Waals surface area contributed by atoms with Crippen LogP contribution in [0.15, 0.2) is 6.20 Å². The lowest BCUT2D eigenvalue weighted by atomic mass is 10.2. The second kappa shape index (κ2) is 7.77. The number of nitrogens with zero attached hydrogens (tertiary/aromatic N) is 3. The van der Waals surface area contributed by atoms with E-state index >= 15 is 0 Å². The molecule has 1 N–H and O–H groups in total. The molecule has 1 heterocycles. The van der Waals surface area contributed by atoms with Crippen molar-refractivity contribution in [3.8, 4) is 0 Å². The van der Waals surface area contributed by atoms with Gasteiger partial charge in [-0.2, -0.15) is 5.10 Å². The monoisotopic (exact) mass is 272 g/mol. The van der Waals surface area contributed by atoms with Crippen LogP contribution in [0.5, 0.6) is 0 Å². The highest BCUT2D eigenvalue weighted by molar-refractivity contribution is 6.31. The average molecular weight is 273 g/mol. The fourth-order valence-corrected chi connectivity index (χ4v) is 2.01. The van der Waals surface area contributed by atoms with Crippen molar-refractivity contribution in [3.63, 3.8) is 0 Å². The second-order valence-electron chi connectivity index (χ2n) is 5.18. The number of aromatic nitrogens is 2. The van der Waals surface area contributed by atoms with Gasteiger partial charge in [-0.15, -0.1) is 0 Å². The number of nitrogens with one attached hydrogen (secondary N) is 1. The predicted molar refractivity (Wildman–Crippen MR) is 77.3 cm³/mol. The van der Waals surface area contributed by atoms with E-state index in [9.17, 15) is 0 Å². The summed E-state index contributed by atoms with van der Waals surface area (Å²) >= 11 is 6.18. The minimum Gasteiger partial charge on any atom is -0.315 e. The Hall–Kier alpha value is -0.580. The van der Waals surface area contributed by atoms with E-state index in [2.05, 4.69) is 43.3 Å². The van der Waals surface area contributed by atoms with Crippen molar-refractivity contribution in [1.82, 2.24) is 20.0 Å².